The highest BCUT2D eigenvalue weighted by Gasteiger charge is 1.99. The minimum absolute atomic E-state index is 0.435. The molecule has 0 saturated carbocycles. The lowest BCUT2D eigenvalue weighted by atomic mass is 10.2. The summed E-state index contributed by atoms with van der Waals surface area (Å²) in [6.45, 7) is 1.42. The third-order valence-electron chi connectivity index (χ3n) is 3.49. The maximum absolute atomic E-state index is 8.81. The van der Waals surface area contributed by atoms with Crippen LogP contribution >= 0.6 is 11.6 Å². The summed E-state index contributed by atoms with van der Waals surface area (Å²) in [6.07, 6.45) is 9.32. The first-order chi connectivity index (χ1) is 12.8. The summed E-state index contributed by atoms with van der Waals surface area (Å²) in [7, 11) is 0. The molecule has 2 N–H and O–H groups in total. The van der Waals surface area contributed by atoms with E-state index in [1.165, 1.54) is 0 Å². The average molecular weight is 372 g/mol. The van der Waals surface area contributed by atoms with Gasteiger partial charge in [0.2, 0.25) is 5.96 Å². The molecule has 0 aliphatic carbocycles. The third kappa shape index (κ3) is 7.86. The van der Waals surface area contributed by atoms with Gasteiger partial charge in [0.05, 0.1) is 18.5 Å². The molecule has 2 aromatic rings. The van der Waals surface area contributed by atoms with E-state index in [0.717, 1.165) is 38.0 Å². The molecule has 0 amide bonds. The number of aromatic nitrogens is 1. The smallest absolute Gasteiger partial charge is 0.209 e. The van der Waals surface area contributed by atoms with E-state index in [-0.39, 0.29) is 0 Å². The van der Waals surface area contributed by atoms with Gasteiger partial charge in [0, 0.05) is 17.8 Å². The maximum Gasteiger partial charge on any atom is 0.209 e. The Labute approximate surface area is 158 Å². The van der Waals surface area contributed by atoms with E-state index in [9.17, 15) is 0 Å². The number of nitrogens with one attached hydrogen (secondary N) is 2. The Hall–Kier alpha value is -2.78. The van der Waals surface area contributed by atoms with E-state index in [1.807, 2.05) is 36.5 Å². The third-order valence-corrected chi connectivity index (χ3v) is 3.72. The molecule has 0 atom stereocenters. The van der Waals surface area contributed by atoms with Gasteiger partial charge < -0.3 is 10.1 Å². The van der Waals surface area contributed by atoms with Gasteiger partial charge in [-0.1, -0.05) is 30.5 Å². The van der Waals surface area contributed by atoms with E-state index in [1.54, 1.807) is 18.5 Å². The van der Waals surface area contributed by atoms with Crippen molar-refractivity contribution in [1.82, 2.24) is 15.6 Å². The van der Waals surface area contributed by atoms with Crippen molar-refractivity contribution in [1.29, 1.82) is 5.26 Å². The summed E-state index contributed by atoms with van der Waals surface area (Å²) in [5.41, 5.74) is 0.691. The second kappa shape index (κ2) is 11.7. The fourth-order valence-electron chi connectivity index (χ4n) is 2.25. The normalized spacial score (nSPS) is 10.8. The largest absolute Gasteiger partial charge is 0.494 e. The standard InChI is InChI=1S/C19H22ClN5O/c20-16-7-5-9-18(13-16)26-12-4-2-1-3-11-23-19(24-15-21)25-17-8-6-10-22-14-17/h5-10,13-14H,1-4,11-12H2,(H2,23,24,25). The fourth-order valence-corrected chi connectivity index (χ4v) is 2.43. The Morgan fingerprint density at radius 2 is 2.08 bits per heavy atom. The zero-order valence-corrected chi connectivity index (χ0v) is 15.2. The Balaban J connectivity index is 1.58. The average Bonchev–Trinajstić information content (AvgIpc) is 2.65. The van der Waals surface area contributed by atoms with Gasteiger partial charge in [0.15, 0.2) is 6.19 Å². The van der Waals surface area contributed by atoms with Gasteiger partial charge in [-0.05, 0) is 43.2 Å². The van der Waals surface area contributed by atoms with Crippen LogP contribution < -0.4 is 15.4 Å². The lowest BCUT2D eigenvalue weighted by molar-refractivity contribution is 0.304. The molecular weight excluding hydrogens is 350 g/mol. The summed E-state index contributed by atoms with van der Waals surface area (Å²) in [4.78, 5) is 8.31. The first kappa shape index (κ1) is 19.5. The van der Waals surface area contributed by atoms with Crippen molar-refractivity contribution in [2.75, 3.05) is 13.2 Å². The summed E-state index contributed by atoms with van der Waals surface area (Å²) in [5.74, 6) is 1.24. The molecule has 1 aromatic heterocycles. The summed E-state index contributed by atoms with van der Waals surface area (Å²) in [6, 6.07) is 11.1. The van der Waals surface area contributed by atoms with Crippen LogP contribution in [0.2, 0.25) is 5.02 Å². The molecule has 0 spiro atoms. The maximum atomic E-state index is 8.81. The Morgan fingerprint density at radius 3 is 2.85 bits per heavy atom. The highest BCUT2D eigenvalue weighted by atomic mass is 35.5. The van der Waals surface area contributed by atoms with Crippen LogP contribution in [0.3, 0.4) is 0 Å². The molecule has 136 valence electrons. The molecule has 0 fully saturated rings. The molecule has 0 bridgehead atoms. The lowest BCUT2D eigenvalue weighted by Gasteiger charge is -2.08. The molecule has 0 radical (unpaired) electrons. The van der Waals surface area contributed by atoms with Gasteiger partial charge in [-0.15, -0.1) is 0 Å². The molecule has 0 saturated heterocycles. The topological polar surface area (TPSA) is 82.3 Å². The first-order valence-corrected chi connectivity index (χ1v) is 8.92. The molecule has 7 heteroatoms. The summed E-state index contributed by atoms with van der Waals surface area (Å²) < 4.78 is 5.66. The van der Waals surface area contributed by atoms with Crippen molar-refractivity contribution in [3.05, 3.63) is 53.8 Å². The van der Waals surface area contributed by atoms with Gasteiger partial charge >= 0.3 is 0 Å². The monoisotopic (exact) mass is 371 g/mol. The number of halogens is 1. The Morgan fingerprint density at radius 1 is 1.19 bits per heavy atom. The minimum atomic E-state index is 0.435. The summed E-state index contributed by atoms with van der Waals surface area (Å²) in [5, 5.41) is 15.2. The van der Waals surface area contributed by atoms with Gasteiger partial charge in [0.25, 0.3) is 0 Å². The van der Waals surface area contributed by atoms with Gasteiger partial charge in [0.1, 0.15) is 5.75 Å². The number of aliphatic imine (C=N–C) groups is 1. The Kier molecular flexibility index (Phi) is 8.81. The van der Waals surface area contributed by atoms with Crippen LogP contribution in [0.4, 0.5) is 5.69 Å². The van der Waals surface area contributed by atoms with Crippen molar-refractivity contribution in [3.8, 4) is 11.9 Å². The molecular formula is C19H22ClN5O. The van der Waals surface area contributed by atoms with E-state index in [0.29, 0.717) is 23.3 Å². The zero-order chi connectivity index (χ0) is 18.5. The highest BCUT2D eigenvalue weighted by molar-refractivity contribution is 6.30. The number of nitriles is 1. The summed E-state index contributed by atoms with van der Waals surface area (Å²) >= 11 is 5.92. The molecule has 0 aliphatic heterocycles. The predicted molar refractivity (Wildman–Crippen MR) is 103 cm³/mol. The molecule has 1 aromatic carbocycles. The molecule has 0 unspecified atom stereocenters. The molecule has 0 aliphatic rings. The van der Waals surface area contributed by atoms with E-state index >= 15 is 0 Å². The first-order valence-electron chi connectivity index (χ1n) is 8.54. The van der Waals surface area contributed by atoms with Crippen LogP contribution in [0.1, 0.15) is 25.7 Å². The SMILES string of the molecule is N#CN/C(=N\c1cccnc1)NCCCCCCOc1cccc(Cl)c1. The van der Waals surface area contributed by atoms with Gasteiger partial charge in [-0.3, -0.25) is 10.3 Å². The predicted octanol–water partition coefficient (Wildman–Crippen LogP) is 4.02. The number of unbranched alkanes of at least 4 members (excludes halogenated alkanes) is 3. The van der Waals surface area contributed by atoms with E-state index in [4.69, 9.17) is 21.6 Å². The van der Waals surface area contributed by atoms with Crippen LogP contribution in [0.5, 0.6) is 5.75 Å². The van der Waals surface area contributed by atoms with Crippen molar-refractivity contribution in [3.63, 3.8) is 0 Å². The van der Waals surface area contributed by atoms with Gasteiger partial charge in [-0.2, -0.15) is 5.26 Å². The molecule has 6 nitrogen and oxygen atoms in total. The van der Waals surface area contributed by atoms with Crippen LogP contribution in [-0.2, 0) is 0 Å². The van der Waals surface area contributed by atoms with Crippen LogP contribution in [0.25, 0.3) is 0 Å². The van der Waals surface area contributed by atoms with Crippen molar-refractivity contribution < 1.29 is 4.74 Å². The van der Waals surface area contributed by atoms with Crippen LogP contribution in [0.15, 0.2) is 53.8 Å². The highest BCUT2D eigenvalue weighted by Crippen LogP contribution is 2.17. The number of nitrogens with zero attached hydrogens (tertiary/aromatic N) is 3. The fraction of sp³-hybridized carbons (Fsp3) is 0.316. The second-order valence-electron chi connectivity index (χ2n) is 5.56. The lowest BCUT2D eigenvalue weighted by Crippen LogP contribution is -2.34. The van der Waals surface area contributed by atoms with Crippen molar-refractivity contribution in [2.45, 2.75) is 25.7 Å². The van der Waals surface area contributed by atoms with E-state index in [2.05, 4.69) is 20.6 Å². The van der Waals surface area contributed by atoms with Crippen LogP contribution in [0, 0.1) is 11.5 Å². The zero-order valence-electron chi connectivity index (χ0n) is 14.5. The quantitative estimate of drug-likeness (QED) is 0.229. The molecule has 2 rings (SSSR count). The van der Waals surface area contributed by atoms with Crippen molar-refractivity contribution >= 4 is 23.2 Å². The second-order valence-corrected chi connectivity index (χ2v) is 5.99. The number of benzene rings is 1. The number of ether oxygens (including phenoxy) is 1. The minimum Gasteiger partial charge on any atom is -0.494 e. The number of hydrogen-bond acceptors (Lipinski definition) is 4. The molecule has 26 heavy (non-hydrogen) atoms. The van der Waals surface area contributed by atoms with Crippen LogP contribution in [-0.4, -0.2) is 24.1 Å². The molecule has 1 heterocycles. The number of rotatable bonds is 9. The number of pyridine rings is 1. The van der Waals surface area contributed by atoms with Gasteiger partial charge in [-0.25, -0.2) is 4.99 Å². The number of hydrogen-bond donors (Lipinski definition) is 2. The number of guanidine groups is 1. The van der Waals surface area contributed by atoms with E-state index < -0.39 is 0 Å². The van der Waals surface area contributed by atoms with Crippen molar-refractivity contribution in [2.24, 2.45) is 4.99 Å². The Bertz CT molecular complexity index is 730.